The summed E-state index contributed by atoms with van der Waals surface area (Å²) < 4.78 is 0. The first-order chi connectivity index (χ1) is 17.0. The standard InChI is InChI=1S/C27H36N6OS/c1-17(15-34)32-24-20-7-18-8-21(24)11-27(9-18,10-20)16-31-25-22(12-28)14-30-26(33-25)29-13-19-5-3-4-6-23(19)35-2/h3-6,14,17-18,20-21,24,32,34H,7-11,13,15-16H2,1-2H3,(H2,29,30,31,33)/t17?,18?,20-,21+,24-,27+. The highest BCUT2D eigenvalue weighted by Gasteiger charge is 2.55. The second-order valence-electron chi connectivity index (χ2n) is 10.8. The maximum absolute atomic E-state index is 9.67. The summed E-state index contributed by atoms with van der Waals surface area (Å²) in [4.78, 5) is 10.3. The smallest absolute Gasteiger partial charge is 0.224 e. The molecule has 1 aromatic carbocycles. The van der Waals surface area contributed by atoms with Gasteiger partial charge in [-0.3, -0.25) is 0 Å². The van der Waals surface area contributed by atoms with Crippen molar-refractivity contribution in [3.05, 3.63) is 41.6 Å². The molecule has 0 saturated heterocycles. The molecule has 0 amide bonds. The fourth-order valence-corrected chi connectivity index (χ4v) is 7.66. The van der Waals surface area contributed by atoms with E-state index in [1.165, 1.54) is 42.6 Å². The first kappa shape index (κ1) is 24.4. The zero-order valence-corrected chi connectivity index (χ0v) is 21.4. The number of anilines is 2. The molecule has 0 aliphatic heterocycles. The van der Waals surface area contributed by atoms with E-state index < -0.39 is 0 Å². The molecule has 35 heavy (non-hydrogen) atoms. The molecule has 6 rings (SSSR count). The van der Waals surface area contributed by atoms with Gasteiger partial charge in [0.1, 0.15) is 17.5 Å². The minimum Gasteiger partial charge on any atom is -0.395 e. The van der Waals surface area contributed by atoms with E-state index in [2.05, 4.69) is 52.3 Å². The number of hydrogen-bond acceptors (Lipinski definition) is 8. The fraction of sp³-hybridized carbons (Fsp3) is 0.593. The first-order valence-corrected chi connectivity index (χ1v) is 14.0. The van der Waals surface area contributed by atoms with Crippen molar-refractivity contribution >= 4 is 23.5 Å². The van der Waals surface area contributed by atoms with Gasteiger partial charge in [-0.25, -0.2) is 4.98 Å². The Balaban J connectivity index is 1.26. The van der Waals surface area contributed by atoms with Crippen LogP contribution in [0, 0.1) is 34.5 Å². The average molecular weight is 493 g/mol. The van der Waals surface area contributed by atoms with Crippen molar-refractivity contribution in [2.45, 2.75) is 62.6 Å². The van der Waals surface area contributed by atoms with E-state index in [9.17, 15) is 10.4 Å². The number of benzene rings is 1. The summed E-state index contributed by atoms with van der Waals surface area (Å²) in [5.74, 6) is 3.31. The van der Waals surface area contributed by atoms with Gasteiger partial charge >= 0.3 is 0 Å². The molecule has 0 radical (unpaired) electrons. The van der Waals surface area contributed by atoms with Crippen LogP contribution in [0.2, 0.25) is 0 Å². The Hall–Kier alpha value is -2.34. The number of aliphatic hydroxyl groups excluding tert-OH is 1. The van der Waals surface area contributed by atoms with E-state index in [1.807, 2.05) is 12.1 Å². The minimum absolute atomic E-state index is 0.152. The van der Waals surface area contributed by atoms with Gasteiger partial charge in [-0.2, -0.15) is 10.2 Å². The molecule has 186 valence electrons. The number of nitrogens with zero attached hydrogens (tertiary/aromatic N) is 3. The number of aliphatic hydroxyl groups is 1. The van der Waals surface area contributed by atoms with Crippen LogP contribution in [0.5, 0.6) is 0 Å². The highest BCUT2D eigenvalue weighted by atomic mass is 32.2. The molecule has 8 heteroatoms. The monoisotopic (exact) mass is 492 g/mol. The van der Waals surface area contributed by atoms with Crippen LogP contribution in [0.4, 0.5) is 11.8 Å². The van der Waals surface area contributed by atoms with Crippen molar-refractivity contribution < 1.29 is 5.11 Å². The highest BCUT2D eigenvalue weighted by Crippen LogP contribution is 2.60. The van der Waals surface area contributed by atoms with Crippen LogP contribution < -0.4 is 16.0 Å². The van der Waals surface area contributed by atoms with Gasteiger partial charge in [0.05, 0.1) is 12.8 Å². The summed E-state index contributed by atoms with van der Waals surface area (Å²) in [7, 11) is 0. The van der Waals surface area contributed by atoms with E-state index in [-0.39, 0.29) is 18.1 Å². The second-order valence-corrected chi connectivity index (χ2v) is 11.7. The van der Waals surface area contributed by atoms with Crippen LogP contribution in [-0.4, -0.2) is 46.6 Å². The Kier molecular flexibility index (Phi) is 7.19. The summed E-state index contributed by atoms with van der Waals surface area (Å²) in [5, 5.41) is 29.8. The quantitative estimate of drug-likeness (QED) is 0.365. The molecule has 7 nitrogen and oxygen atoms in total. The molecule has 4 bridgehead atoms. The molecular weight excluding hydrogens is 456 g/mol. The summed E-state index contributed by atoms with van der Waals surface area (Å²) in [6.45, 7) is 3.75. The normalized spacial score (nSPS) is 29.5. The van der Waals surface area contributed by atoms with Crippen molar-refractivity contribution in [1.29, 1.82) is 5.26 Å². The third-order valence-electron chi connectivity index (χ3n) is 8.32. The van der Waals surface area contributed by atoms with Gasteiger partial charge in [-0.1, -0.05) is 18.2 Å². The van der Waals surface area contributed by atoms with Crippen LogP contribution >= 0.6 is 11.8 Å². The second kappa shape index (κ2) is 10.3. The Morgan fingerprint density at radius 3 is 2.69 bits per heavy atom. The predicted octanol–water partition coefficient (Wildman–Crippen LogP) is 4.26. The summed E-state index contributed by atoms with van der Waals surface area (Å²) in [5.41, 5.74) is 1.95. The molecule has 4 saturated carbocycles. The van der Waals surface area contributed by atoms with Crippen LogP contribution in [0.25, 0.3) is 0 Å². The van der Waals surface area contributed by atoms with Gasteiger partial charge in [0.25, 0.3) is 0 Å². The predicted molar refractivity (Wildman–Crippen MR) is 140 cm³/mol. The number of thioether (sulfide) groups is 1. The summed E-state index contributed by atoms with van der Waals surface area (Å²) in [6, 6.07) is 11.2. The molecule has 1 aromatic heterocycles. The van der Waals surface area contributed by atoms with Gasteiger partial charge in [0, 0.05) is 30.1 Å². The number of nitrogens with one attached hydrogen (secondary N) is 3. The maximum Gasteiger partial charge on any atom is 0.224 e. The van der Waals surface area contributed by atoms with Crippen LogP contribution in [0.1, 0.15) is 50.2 Å². The third kappa shape index (κ3) is 5.13. The lowest BCUT2D eigenvalue weighted by atomic mass is 9.48. The minimum atomic E-state index is 0.152. The van der Waals surface area contributed by atoms with Crippen LogP contribution in [0.15, 0.2) is 35.4 Å². The molecule has 4 N–H and O–H groups in total. The maximum atomic E-state index is 9.67. The van der Waals surface area contributed by atoms with Crippen LogP contribution in [0.3, 0.4) is 0 Å². The van der Waals surface area contributed by atoms with Gasteiger partial charge < -0.3 is 21.1 Å². The SMILES string of the molecule is CSc1ccccc1CNc1ncc(C#N)c(NC[C@@]23CC4C[C@H](C2)[C@@H](NC(C)CO)[C@@H](C4)C3)n1. The van der Waals surface area contributed by atoms with E-state index in [1.54, 1.807) is 18.0 Å². The lowest BCUT2D eigenvalue weighted by Crippen LogP contribution is -2.61. The third-order valence-corrected chi connectivity index (χ3v) is 9.16. The molecule has 0 spiro atoms. The first-order valence-electron chi connectivity index (χ1n) is 12.8. The van der Waals surface area contributed by atoms with Crippen molar-refractivity contribution in [2.24, 2.45) is 23.2 Å². The zero-order chi connectivity index (χ0) is 24.4. The van der Waals surface area contributed by atoms with Gasteiger partial charge in [-0.05, 0) is 80.1 Å². The van der Waals surface area contributed by atoms with Crippen molar-refractivity contribution in [1.82, 2.24) is 15.3 Å². The molecule has 2 unspecified atom stereocenters. The number of hydrogen-bond donors (Lipinski definition) is 4. The van der Waals surface area contributed by atoms with Gasteiger partial charge in [-0.15, -0.1) is 11.8 Å². The van der Waals surface area contributed by atoms with Crippen molar-refractivity contribution in [3.63, 3.8) is 0 Å². The zero-order valence-electron chi connectivity index (χ0n) is 20.6. The Bertz CT molecular complexity index is 1070. The van der Waals surface area contributed by atoms with E-state index in [0.29, 0.717) is 41.8 Å². The summed E-state index contributed by atoms with van der Waals surface area (Å²) in [6.07, 6.45) is 9.97. The molecule has 4 aliphatic carbocycles. The molecule has 2 aromatic rings. The highest BCUT2D eigenvalue weighted by molar-refractivity contribution is 7.98. The Labute approximate surface area is 212 Å². The number of aromatic nitrogens is 2. The Morgan fingerprint density at radius 1 is 1.20 bits per heavy atom. The molecule has 4 aliphatic rings. The van der Waals surface area contributed by atoms with E-state index in [4.69, 9.17) is 4.98 Å². The molecule has 1 heterocycles. The summed E-state index contributed by atoms with van der Waals surface area (Å²) >= 11 is 1.73. The van der Waals surface area contributed by atoms with Gasteiger partial charge in [0.15, 0.2) is 0 Å². The molecular formula is C27H36N6OS. The topological polar surface area (TPSA) is 106 Å². The molecule has 4 fully saturated rings. The number of rotatable bonds is 10. The van der Waals surface area contributed by atoms with Crippen LogP contribution in [-0.2, 0) is 6.54 Å². The van der Waals surface area contributed by atoms with Gasteiger partial charge in [0.2, 0.25) is 5.95 Å². The lowest BCUT2D eigenvalue weighted by Gasteiger charge is -2.60. The van der Waals surface area contributed by atoms with E-state index >= 15 is 0 Å². The van der Waals surface area contributed by atoms with Crippen molar-refractivity contribution in [3.8, 4) is 6.07 Å². The van der Waals surface area contributed by atoms with Crippen molar-refractivity contribution in [2.75, 3.05) is 30.0 Å². The largest absolute Gasteiger partial charge is 0.395 e. The lowest BCUT2D eigenvalue weighted by molar-refractivity contribution is -0.0727. The van der Waals surface area contributed by atoms with E-state index in [0.717, 1.165) is 12.5 Å². The fourth-order valence-electron chi connectivity index (χ4n) is 7.04. The number of nitriles is 1. The Morgan fingerprint density at radius 2 is 1.97 bits per heavy atom. The molecule has 6 atom stereocenters. The average Bonchev–Trinajstić information content (AvgIpc) is 2.88.